The van der Waals surface area contributed by atoms with Crippen LogP contribution in [0.3, 0.4) is 0 Å². The van der Waals surface area contributed by atoms with Gasteiger partial charge in [0.25, 0.3) is 0 Å². The number of nitrogens with one attached hydrogen (secondary N) is 1. The van der Waals surface area contributed by atoms with Crippen LogP contribution >= 0.6 is 22.7 Å². The molecule has 12 nitrogen and oxygen atoms in total. The van der Waals surface area contributed by atoms with Crippen LogP contribution < -0.4 is 15.1 Å². The second-order valence-electron chi connectivity index (χ2n) is 15.7. The molecule has 3 aliphatic rings. The Kier molecular flexibility index (Phi) is 11.0. The number of thiophene rings is 1. The van der Waals surface area contributed by atoms with E-state index in [2.05, 4.69) is 80.5 Å². The van der Waals surface area contributed by atoms with Crippen molar-refractivity contribution < 1.29 is 9.59 Å². The van der Waals surface area contributed by atoms with Crippen LogP contribution in [0.15, 0.2) is 101 Å². The van der Waals surface area contributed by atoms with Crippen molar-refractivity contribution in [2.75, 3.05) is 49.1 Å². The Morgan fingerprint density at radius 1 is 0.864 bits per heavy atom. The molecule has 59 heavy (non-hydrogen) atoms. The highest BCUT2D eigenvalue weighted by Crippen LogP contribution is 2.35. The summed E-state index contributed by atoms with van der Waals surface area (Å²) in [6.07, 6.45) is 7.15. The Balaban J connectivity index is 0.798. The minimum absolute atomic E-state index is 0.00381. The summed E-state index contributed by atoms with van der Waals surface area (Å²) in [4.78, 5) is 54.0. The van der Waals surface area contributed by atoms with Crippen molar-refractivity contribution in [3.05, 3.63) is 113 Å². The van der Waals surface area contributed by atoms with Gasteiger partial charge in [-0.3, -0.25) is 14.6 Å². The average Bonchev–Trinajstić information content (AvgIpc) is 4.11. The molecule has 2 amide bonds. The number of thiazole rings is 1. The van der Waals surface area contributed by atoms with E-state index in [1.54, 1.807) is 27.6 Å². The molecule has 6 aromatic rings. The molecule has 7 heterocycles. The Bertz CT molecular complexity index is 2520. The van der Waals surface area contributed by atoms with Crippen LogP contribution in [0.1, 0.15) is 43.5 Å². The first-order valence-corrected chi connectivity index (χ1v) is 22.0. The first kappa shape index (κ1) is 38.6. The number of amides is 2. The summed E-state index contributed by atoms with van der Waals surface area (Å²) < 4.78 is 1.13. The van der Waals surface area contributed by atoms with Crippen LogP contribution in [0, 0.1) is 18.8 Å². The number of aromatic nitrogens is 5. The van der Waals surface area contributed by atoms with E-state index >= 15 is 0 Å². The van der Waals surface area contributed by atoms with Gasteiger partial charge in [-0.05, 0) is 54.5 Å². The molecule has 2 fully saturated rings. The number of aliphatic imine (C=N–C) groups is 1. The van der Waals surface area contributed by atoms with Gasteiger partial charge in [-0.15, -0.1) is 32.9 Å². The summed E-state index contributed by atoms with van der Waals surface area (Å²) in [7, 11) is 0. The lowest BCUT2D eigenvalue weighted by atomic mass is 9.86. The van der Waals surface area contributed by atoms with E-state index in [1.165, 1.54) is 5.00 Å². The van der Waals surface area contributed by atoms with Crippen LogP contribution in [-0.4, -0.2) is 92.9 Å². The molecule has 1 N–H and O–H groups in total. The second-order valence-corrected chi connectivity index (χ2v) is 17.6. The third-order valence-corrected chi connectivity index (χ3v) is 13.6. The zero-order valence-electron chi connectivity index (χ0n) is 33.4. The molecule has 2 unspecified atom stereocenters. The molecule has 2 saturated heterocycles. The molecule has 4 aromatic heterocycles. The van der Waals surface area contributed by atoms with Crippen molar-refractivity contribution in [1.82, 2.24) is 35.4 Å². The normalized spacial score (nSPS) is 17.4. The molecular weight excluding hydrogens is 777 g/mol. The van der Waals surface area contributed by atoms with Crippen molar-refractivity contribution in [2.45, 2.75) is 46.2 Å². The lowest BCUT2D eigenvalue weighted by molar-refractivity contribution is -0.141. The fourth-order valence-electron chi connectivity index (χ4n) is 8.29. The van der Waals surface area contributed by atoms with Gasteiger partial charge in [0.1, 0.15) is 11.6 Å². The van der Waals surface area contributed by atoms with Crippen LogP contribution in [0.25, 0.3) is 31.9 Å². The van der Waals surface area contributed by atoms with E-state index in [-0.39, 0.29) is 23.7 Å². The molecule has 3 aliphatic heterocycles. The van der Waals surface area contributed by atoms with Crippen molar-refractivity contribution in [3.8, 4) is 21.7 Å². The fraction of sp³-hybridized carbons (Fsp3) is 0.333. The largest absolute Gasteiger partial charge is 0.360 e. The van der Waals surface area contributed by atoms with Crippen LogP contribution in [-0.2, 0) is 16.1 Å². The van der Waals surface area contributed by atoms with Gasteiger partial charge in [-0.1, -0.05) is 68.4 Å². The summed E-state index contributed by atoms with van der Waals surface area (Å²) in [6, 6.07) is 22.1. The first-order valence-electron chi connectivity index (χ1n) is 20.3. The Morgan fingerprint density at radius 3 is 2.36 bits per heavy atom. The summed E-state index contributed by atoms with van der Waals surface area (Å²) >= 11 is 3.38. The van der Waals surface area contributed by atoms with E-state index in [9.17, 15) is 9.59 Å². The number of fused-ring (bicyclic) bond motifs is 1. The highest BCUT2D eigenvalue weighted by Gasteiger charge is 2.40. The Hall–Kier alpha value is -5.86. The molecule has 0 aliphatic carbocycles. The Labute approximate surface area is 351 Å². The number of allylic oxidation sites excluding steroid dienone is 1. The molecule has 9 rings (SSSR count). The summed E-state index contributed by atoms with van der Waals surface area (Å²) in [5, 5.41) is 13.3. The van der Waals surface area contributed by atoms with Gasteiger partial charge in [-0.2, -0.15) is 0 Å². The minimum atomic E-state index is -0.486. The maximum Gasteiger partial charge on any atom is 0.243 e. The monoisotopic (exact) mass is 822 g/mol. The van der Waals surface area contributed by atoms with Crippen LogP contribution in [0.4, 0.5) is 10.9 Å². The van der Waals surface area contributed by atoms with Crippen LogP contribution in [0.2, 0.25) is 0 Å². The topological polar surface area (TPSA) is 133 Å². The van der Waals surface area contributed by atoms with Crippen molar-refractivity contribution in [1.29, 1.82) is 0 Å². The number of carbonyl (C=O) groups is 2. The maximum atomic E-state index is 14.2. The van der Waals surface area contributed by atoms with Crippen molar-refractivity contribution in [3.63, 3.8) is 0 Å². The van der Waals surface area contributed by atoms with Crippen molar-refractivity contribution >= 4 is 61.4 Å². The molecule has 0 radical (unpaired) electrons. The number of carbonyl (C=O) groups excluding carboxylic acids is 2. The number of piperazine rings is 1. The zero-order valence-corrected chi connectivity index (χ0v) is 35.0. The van der Waals surface area contributed by atoms with E-state index in [0.717, 1.165) is 92.6 Å². The maximum absolute atomic E-state index is 14.2. The molecule has 0 spiro atoms. The third-order valence-electron chi connectivity index (χ3n) is 11.5. The van der Waals surface area contributed by atoms with E-state index in [1.807, 2.05) is 61.2 Å². The number of likely N-dealkylation sites (tertiary alicyclic amines) is 1. The van der Waals surface area contributed by atoms with Gasteiger partial charge in [0.2, 0.25) is 17.8 Å². The summed E-state index contributed by atoms with van der Waals surface area (Å²) in [5.74, 6) is 0.253. The van der Waals surface area contributed by atoms with Gasteiger partial charge in [-0.25, -0.2) is 15.0 Å². The quantitative estimate of drug-likeness (QED) is 0.144. The number of hydrogen-bond donors (Lipinski definition) is 1. The highest BCUT2D eigenvalue weighted by atomic mass is 32.1. The summed E-state index contributed by atoms with van der Waals surface area (Å²) in [6.45, 7) is 10.9. The fourth-order valence-corrected chi connectivity index (χ4v) is 10.2. The highest BCUT2D eigenvalue weighted by molar-refractivity contribution is 7.22. The number of rotatable bonds is 11. The molecule has 0 bridgehead atoms. The Morgan fingerprint density at radius 2 is 1.63 bits per heavy atom. The number of benzene rings is 2. The predicted octanol–water partition coefficient (Wildman–Crippen LogP) is 7.22. The predicted molar refractivity (Wildman–Crippen MR) is 236 cm³/mol. The summed E-state index contributed by atoms with van der Waals surface area (Å²) in [5.41, 5.74) is 10.4. The second kappa shape index (κ2) is 16.8. The van der Waals surface area contributed by atoms with E-state index in [0.29, 0.717) is 32.0 Å². The molecule has 0 saturated carbocycles. The number of aryl methyl sites for hydroxylation is 1. The van der Waals surface area contributed by atoms with Crippen LogP contribution in [0.5, 0.6) is 0 Å². The van der Waals surface area contributed by atoms with Gasteiger partial charge in [0, 0.05) is 68.9 Å². The molecule has 2 atom stereocenters. The van der Waals surface area contributed by atoms with Gasteiger partial charge >= 0.3 is 0 Å². The SMILES string of the molecule is Cc1ncsc1-c1ccc(CNC(=O)C2CCCN2C(=O)C(C2=CC(c3cnc(N4CCN(c5cc6nnc(-c7ccccc7)cc6s5)CC4)nc3)=NC2)C(C)C)cc1. The molecule has 14 heteroatoms. The smallest absolute Gasteiger partial charge is 0.243 e. The van der Waals surface area contributed by atoms with Gasteiger partial charge in [0.15, 0.2) is 0 Å². The molecule has 2 aromatic carbocycles. The lowest BCUT2D eigenvalue weighted by Crippen LogP contribution is -2.48. The van der Waals surface area contributed by atoms with E-state index < -0.39 is 6.04 Å². The third kappa shape index (κ3) is 8.11. The standard InChI is InChI=1S/C45H46N10O2S2/c1-28(2)41(44(57)55-15-7-10-38(55)43(56)47-23-30-11-13-32(14-12-30)42-29(3)50-27-58-42)33-20-35(46-24-33)34-25-48-45(49-26-34)54-18-16-53(17-19-54)40-22-37-39(59-40)21-36(51-52-37)31-8-5-4-6-9-31/h4-6,8-9,11-14,20-22,25-28,38,41H,7,10,15-19,23-24H2,1-3H3,(H,47,56). The molecule has 300 valence electrons. The zero-order chi connectivity index (χ0) is 40.5. The number of nitrogens with zero attached hydrogens (tertiary/aromatic N) is 9. The minimum Gasteiger partial charge on any atom is -0.360 e. The molecular formula is C45H46N10O2S2. The first-order chi connectivity index (χ1) is 28.8. The van der Waals surface area contributed by atoms with Crippen molar-refractivity contribution in [2.24, 2.45) is 16.8 Å². The lowest BCUT2D eigenvalue weighted by Gasteiger charge is -2.35. The van der Waals surface area contributed by atoms with Gasteiger partial charge < -0.3 is 20.0 Å². The number of hydrogen-bond acceptors (Lipinski definition) is 12. The average molecular weight is 823 g/mol. The van der Waals surface area contributed by atoms with Gasteiger partial charge in [0.05, 0.1) is 49.7 Å². The number of anilines is 2. The van der Waals surface area contributed by atoms with E-state index in [4.69, 9.17) is 15.0 Å².